The van der Waals surface area contributed by atoms with Gasteiger partial charge >= 0.3 is 5.97 Å². The fourth-order valence-corrected chi connectivity index (χ4v) is 11.4. The van der Waals surface area contributed by atoms with E-state index in [0.29, 0.717) is 19.6 Å². The minimum atomic E-state index is -1.33. The Morgan fingerprint density at radius 3 is 1.26 bits per heavy atom. The number of carbonyl (C=O) groups is 1. The molecule has 0 bridgehead atoms. The topological polar surface area (TPSA) is 146 Å². The highest BCUT2D eigenvalue weighted by Gasteiger charge is 2.56. The molecular weight excluding hydrogens is 1160 g/mol. The molecule has 92 heavy (non-hydrogen) atoms. The molecule has 0 N–H and O–H groups in total. The SMILES string of the molecule is C=CCCCO[C@H]1OC[C@@H](OCc2ccccc2)[C@@H](OCc2ccccc2)C1O[C@@H]1OC(COCc2ccccc2)[C@@H](O[C@@H]2OC(COCc3ccccc3)[C@H](OCc3ccccc3)[C@@H](OCc3ccccc3)C2OC(=O)C(C)(C)C)[C@@H](OCc2ccccc2)C1C. The van der Waals surface area contributed by atoms with Crippen molar-refractivity contribution in [2.75, 3.05) is 26.4 Å². The molecule has 0 radical (unpaired) electrons. The van der Waals surface area contributed by atoms with Crippen LogP contribution in [0.5, 0.6) is 0 Å². The van der Waals surface area contributed by atoms with Crippen LogP contribution in [0.25, 0.3) is 0 Å². The number of hydrogen-bond donors (Lipinski definition) is 0. The molecule has 3 saturated heterocycles. The highest BCUT2D eigenvalue weighted by molar-refractivity contribution is 5.75. The maximum Gasteiger partial charge on any atom is 0.311 e. The van der Waals surface area contributed by atoms with Gasteiger partial charge in [0.2, 0.25) is 0 Å². The monoisotopic (exact) mass is 1250 g/mol. The van der Waals surface area contributed by atoms with E-state index in [1.807, 2.05) is 246 Å². The first-order valence-corrected chi connectivity index (χ1v) is 32.2. The van der Waals surface area contributed by atoms with Gasteiger partial charge in [0.1, 0.15) is 48.8 Å². The van der Waals surface area contributed by atoms with E-state index < -0.39 is 97.2 Å². The van der Waals surface area contributed by atoms with E-state index in [-0.39, 0.29) is 59.5 Å². The molecule has 0 amide bonds. The van der Waals surface area contributed by atoms with Crippen molar-refractivity contribution in [1.82, 2.24) is 0 Å². The van der Waals surface area contributed by atoms with Crippen LogP contribution < -0.4 is 0 Å². The summed E-state index contributed by atoms with van der Waals surface area (Å²) in [4.78, 5) is 14.7. The number of benzene rings is 7. The Morgan fingerprint density at radius 2 is 0.815 bits per heavy atom. The number of ether oxygens (including phenoxy) is 14. The van der Waals surface area contributed by atoms with Gasteiger partial charge < -0.3 is 66.3 Å². The molecule has 14 atom stereocenters. The van der Waals surface area contributed by atoms with Crippen LogP contribution in [0.1, 0.15) is 79.5 Å². The Bertz CT molecular complexity index is 3180. The number of carbonyl (C=O) groups excluding carboxylic acids is 1. The summed E-state index contributed by atoms with van der Waals surface area (Å²) in [6.07, 6.45) is -8.82. The Kier molecular flexibility index (Phi) is 26.3. The first-order chi connectivity index (χ1) is 45.1. The third-order valence-electron chi connectivity index (χ3n) is 16.4. The van der Waals surface area contributed by atoms with Crippen molar-refractivity contribution >= 4 is 5.97 Å². The van der Waals surface area contributed by atoms with Crippen LogP contribution in [0.2, 0.25) is 0 Å². The van der Waals surface area contributed by atoms with Crippen molar-refractivity contribution in [2.24, 2.45) is 11.3 Å². The third-order valence-corrected chi connectivity index (χ3v) is 16.4. The van der Waals surface area contributed by atoms with Gasteiger partial charge in [0, 0.05) is 5.92 Å². The molecule has 0 aliphatic carbocycles. The van der Waals surface area contributed by atoms with Crippen LogP contribution >= 0.6 is 0 Å². The first-order valence-electron chi connectivity index (χ1n) is 32.2. The number of esters is 1. The first kappa shape index (κ1) is 68.1. The van der Waals surface area contributed by atoms with Crippen LogP contribution in [-0.4, -0.2) is 112 Å². The van der Waals surface area contributed by atoms with Gasteiger partial charge in [-0.2, -0.15) is 0 Å². The van der Waals surface area contributed by atoms with E-state index in [9.17, 15) is 4.79 Å². The van der Waals surface area contributed by atoms with E-state index in [1.54, 1.807) is 0 Å². The van der Waals surface area contributed by atoms with Crippen molar-refractivity contribution in [3.63, 3.8) is 0 Å². The summed E-state index contributed by atoms with van der Waals surface area (Å²) in [7, 11) is 0. The smallest absolute Gasteiger partial charge is 0.311 e. The molecule has 0 saturated carbocycles. The molecule has 7 aromatic rings. The van der Waals surface area contributed by atoms with Gasteiger partial charge in [0.25, 0.3) is 0 Å². The lowest BCUT2D eigenvalue weighted by molar-refractivity contribution is -0.382. The summed E-state index contributed by atoms with van der Waals surface area (Å²) in [6, 6.07) is 69.6. The van der Waals surface area contributed by atoms with Crippen molar-refractivity contribution in [3.8, 4) is 0 Å². The average Bonchev–Trinajstić information content (AvgIpc) is 0.789. The van der Waals surface area contributed by atoms with Crippen molar-refractivity contribution in [2.45, 2.75) is 167 Å². The van der Waals surface area contributed by atoms with Crippen LogP contribution in [0.4, 0.5) is 0 Å². The van der Waals surface area contributed by atoms with E-state index >= 15 is 0 Å². The van der Waals surface area contributed by atoms with Gasteiger partial charge in [0.05, 0.1) is 84.2 Å². The quantitative estimate of drug-likeness (QED) is 0.0218. The van der Waals surface area contributed by atoms with Gasteiger partial charge in [-0.1, -0.05) is 225 Å². The summed E-state index contributed by atoms with van der Waals surface area (Å²) in [6.45, 7) is 13.6. The predicted octanol–water partition coefficient (Wildman–Crippen LogP) is 13.5. The largest absolute Gasteiger partial charge is 0.454 e. The Morgan fingerprint density at radius 1 is 0.435 bits per heavy atom. The van der Waals surface area contributed by atoms with Crippen molar-refractivity contribution in [1.29, 1.82) is 0 Å². The molecule has 10 rings (SSSR count). The summed E-state index contributed by atoms with van der Waals surface area (Å²) >= 11 is 0. The molecule has 15 heteroatoms. The fourth-order valence-electron chi connectivity index (χ4n) is 11.4. The second kappa shape index (κ2) is 35.5. The number of hydrogen-bond acceptors (Lipinski definition) is 15. The summed E-state index contributed by atoms with van der Waals surface area (Å²) in [5.41, 5.74) is 5.69. The highest BCUT2D eigenvalue weighted by Crippen LogP contribution is 2.40. The zero-order valence-electron chi connectivity index (χ0n) is 53.4. The standard InChI is InChI=1S/C77H90O15/c1-6-7-29-44-81-74-71(67(84-49-60-38-23-12-24-39-60)63(54-87-74)82-47-58-34-19-10-20-35-58)91-73-55(2)66(83-48-59-36-21-11-22-37-59)69(65(88-73)53-80-46-57-32-17-9-18-33-57)90-75-72(92-76(78)77(3,4)5)70(86-51-62-42-27-14-28-43-62)68(85-50-61-40-25-13-26-41-61)64(89-75)52-79-45-56-30-15-8-16-31-56/h6,8-28,30-43,55,63-75H,1,7,29,44-54H2,2-5H3/t55?,63-,64?,65?,66+,67-,68+,69-,70-,71?,72?,73+,74+,75+/m1/s1. The second-order valence-corrected chi connectivity index (χ2v) is 24.7. The van der Waals surface area contributed by atoms with E-state index in [0.717, 1.165) is 45.4 Å². The number of allylic oxidation sites excluding steroid dienone is 1. The summed E-state index contributed by atoms with van der Waals surface area (Å²) < 4.78 is 98.1. The maximum atomic E-state index is 14.7. The molecule has 7 aromatic carbocycles. The predicted molar refractivity (Wildman–Crippen MR) is 348 cm³/mol. The molecule has 3 heterocycles. The molecule has 0 aromatic heterocycles. The second-order valence-electron chi connectivity index (χ2n) is 24.7. The Balaban J connectivity index is 1.04. The van der Waals surface area contributed by atoms with Gasteiger partial charge in [0.15, 0.2) is 25.0 Å². The van der Waals surface area contributed by atoms with Crippen LogP contribution in [0.15, 0.2) is 225 Å². The molecule has 3 aliphatic heterocycles. The molecule has 3 aliphatic rings. The highest BCUT2D eigenvalue weighted by atomic mass is 16.8. The molecule has 5 unspecified atom stereocenters. The molecular formula is C77H90O15. The van der Waals surface area contributed by atoms with Crippen molar-refractivity contribution < 1.29 is 71.1 Å². The third kappa shape index (κ3) is 20.1. The Hall–Kier alpha value is -6.77. The molecule has 3 fully saturated rings. The Labute approximate surface area is 543 Å². The maximum absolute atomic E-state index is 14.7. The summed E-state index contributed by atoms with van der Waals surface area (Å²) in [5.74, 6) is -1.10. The zero-order chi connectivity index (χ0) is 63.7. The normalized spacial score (nSPS) is 25.8. The minimum Gasteiger partial charge on any atom is -0.454 e. The van der Waals surface area contributed by atoms with E-state index in [2.05, 4.69) is 6.58 Å². The average molecular weight is 1260 g/mol. The lowest BCUT2D eigenvalue weighted by Gasteiger charge is -2.51. The minimum absolute atomic E-state index is 0.00371. The molecule has 0 spiro atoms. The lowest BCUT2D eigenvalue weighted by Crippen LogP contribution is -2.66. The van der Waals surface area contributed by atoms with Crippen LogP contribution in [0.3, 0.4) is 0 Å². The fraction of sp³-hybridized carbons (Fsp3) is 0.416. The van der Waals surface area contributed by atoms with Gasteiger partial charge in [-0.05, 0) is 72.6 Å². The van der Waals surface area contributed by atoms with Gasteiger partial charge in [-0.3, -0.25) is 4.79 Å². The lowest BCUT2D eigenvalue weighted by atomic mass is 9.91. The molecule has 15 nitrogen and oxygen atoms in total. The number of rotatable bonds is 33. The van der Waals surface area contributed by atoms with E-state index in [1.165, 1.54) is 0 Å². The van der Waals surface area contributed by atoms with Crippen LogP contribution in [-0.2, 0) is 117 Å². The van der Waals surface area contributed by atoms with Gasteiger partial charge in [-0.25, -0.2) is 0 Å². The van der Waals surface area contributed by atoms with E-state index in [4.69, 9.17) is 66.3 Å². The van der Waals surface area contributed by atoms with Crippen molar-refractivity contribution in [3.05, 3.63) is 264 Å². The summed E-state index contributed by atoms with van der Waals surface area (Å²) in [5, 5.41) is 0. The number of unbranched alkanes of at least 4 members (excludes halogenated alkanes) is 1. The zero-order valence-corrected chi connectivity index (χ0v) is 53.4. The molecule has 488 valence electrons. The van der Waals surface area contributed by atoms with Crippen LogP contribution in [0, 0.1) is 11.3 Å². The van der Waals surface area contributed by atoms with Gasteiger partial charge in [-0.15, -0.1) is 6.58 Å².